The first-order valence-corrected chi connectivity index (χ1v) is 15.0. The number of nitrogens with one attached hydrogen (secondary N) is 1. The number of benzene rings is 1. The fraction of sp³-hybridized carbons (Fsp3) is 0.276. The third-order valence-corrected chi connectivity index (χ3v) is 9.22. The highest BCUT2D eigenvalue weighted by Gasteiger charge is 2.48. The normalized spacial score (nSPS) is 22.7. The van der Waals surface area contributed by atoms with Crippen LogP contribution in [0, 0.1) is 0 Å². The number of hydrogen-bond donors (Lipinski definition) is 2. The molecule has 5 heterocycles. The molecule has 0 saturated carbocycles. The van der Waals surface area contributed by atoms with Crippen molar-refractivity contribution in [1.29, 1.82) is 0 Å². The van der Waals surface area contributed by atoms with Gasteiger partial charge in [0.25, 0.3) is 17.6 Å². The average Bonchev–Trinajstić information content (AvgIpc) is 3.72. The van der Waals surface area contributed by atoms with Gasteiger partial charge in [0.05, 0.1) is 29.7 Å². The lowest BCUT2D eigenvalue weighted by atomic mass is 10.0. The summed E-state index contributed by atoms with van der Waals surface area (Å²) in [5.74, 6) is 7.06. The zero-order valence-electron chi connectivity index (χ0n) is 22.5. The molecular formula is C29H27ClN9O2S+. The number of amides is 2. The van der Waals surface area contributed by atoms with Crippen LogP contribution in [0.15, 0.2) is 70.3 Å². The predicted molar refractivity (Wildman–Crippen MR) is 160 cm³/mol. The maximum atomic E-state index is 13.4. The number of carbonyl (C=O) groups excluding carboxylic acids is 2. The van der Waals surface area contributed by atoms with E-state index in [1.807, 2.05) is 12.1 Å². The van der Waals surface area contributed by atoms with E-state index in [1.165, 1.54) is 17.5 Å². The van der Waals surface area contributed by atoms with Crippen LogP contribution in [0.5, 0.6) is 0 Å². The van der Waals surface area contributed by atoms with Gasteiger partial charge in [-0.25, -0.2) is 15.0 Å². The standard InChI is InChI=1S/C29H26ClN9O2S/c30-28-33-12-11-20(34-28)27(41)38-14-3-5-21(38)24-22-16-32-13-15-39(22,31)25(36-24)17-7-9-18(10-8-17)26(40)37-29-35-19-4-1-2-6-23(19)42-29/h7-13,15-16,21H,1-6,14,31H2/p+1. The van der Waals surface area contributed by atoms with Crippen LogP contribution in [0.3, 0.4) is 0 Å². The number of allylic oxidation sites excluding steroid dienone is 1. The number of aryl methyl sites for hydroxylation is 2. The minimum Gasteiger partial charge on any atom is -0.328 e. The molecule has 3 aromatic rings. The Bertz CT molecular complexity index is 1710. The molecule has 42 heavy (non-hydrogen) atoms. The number of aliphatic imine (C=N–C) groups is 2. The third-order valence-electron chi connectivity index (χ3n) is 7.97. The lowest BCUT2D eigenvalue weighted by Crippen LogP contribution is -2.53. The van der Waals surface area contributed by atoms with E-state index in [1.54, 1.807) is 53.1 Å². The molecule has 13 heteroatoms. The Hall–Kier alpha value is -4.10. The van der Waals surface area contributed by atoms with E-state index in [4.69, 9.17) is 22.4 Å². The minimum absolute atomic E-state index is 0.0184. The van der Waals surface area contributed by atoms with E-state index in [9.17, 15) is 9.59 Å². The molecule has 7 rings (SSSR count). The molecule has 2 aromatic heterocycles. The Kier molecular flexibility index (Phi) is 6.77. The second-order valence-corrected chi connectivity index (χ2v) is 12.0. The monoisotopic (exact) mass is 600 g/mol. The molecule has 0 spiro atoms. The number of thiazole rings is 1. The Balaban J connectivity index is 1.15. The maximum Gasteiger partial charge on any atom is 0.273 e. The maximum absolute atomic E-state index is 13.4. The molecule has 3 N–H and O–H groups in total. The molecule has 2 atom stereocenters. The van der Waals surface area contributed by atoms with E-state index in [-0.39, 0.29) is 33.4 Å². The number of fused-ring (bicyclic) bond motifs is 2. The number of likely N-dealkylation sites (tertiary alicyclic amines) is 1. The smallest absolute Gasteiger partial charge is 0.273 e. The number of anilines is 1. The van der Waals surface area contributed by atoms with Gasteiger partial charge in [-0.15, -0.1) is 15.9 Å². The van der Waals surface area contributed by atoms with Crippen molar-refractivity contribution >= 4 is 51.9 Å². The Morgan fingerprint density at radius 3 is 2.74 bits per heavy atom. The molecule has 0 bridgehead atoms. The van der Waals surface area contributed by atoms with Crippen molar-refractivity contribution < 1.29 is 14.2 Å². The highest BCUT2D eigenvalue weighted by molar-refractivity contribution is 7.15. The lowest BCUT2D eigenvalue weighted by Gasteiger charge is -2.27. The molecular weight excluding hydrogens is 574 g/mol. The van der Waals surface area contributed by atoms with Crippen molar-refractivity contribution in [2.45, 2.75) is 44.6 Å². The molecule has 1 fully saturated rings. The summed E-state index contributed by atoms with van der Waals surface area (Å²) < 4.78 is -0.188. The summed E-state index contributed by atoms with van der Waals surface area (Å²) in [5, 5.41) is 3.61. The lowest BCUT2D eigenvalue weighted by molar-refractivity contribution is -0.750. The van der Waals surface area contributed by atoms with Gasteiger partial charge < -0.3 is 4.90 Å². The number of quaternary nitrogens is 1. The zero-order chi connectivity index (χ0) is 28.8. The summed E-state index contributed by atoms with van der Waals surface area (Å²) in [5.41, 5.74) is 3.97. The van der Waals surface area contributed by atoms with Crippen molar-refractivity contribution in [1.82, 2.24) is 19.9 Å². The second-order valence-electron chi connectivity index (χ2n) is 10.6. The van der Waals surface area contributed by atoms with Gasteiger partial charge in [0.15, 0.2) is 5.13 Å². The molecule has 4 aliphatic rings. The van der Waals surface area contributed by atoms with E-state index in [0.29, 0.717) is 34.5 Å². The molecule has 212 valence electrons. The van der Waals surface area contributed by atoms with Crippen LogP contribution in [-0.2, 0) is 12.8 Å². The number of rotatable bonds is 5. The van der Waals surface area contributed by atoms with Crippen molar-refractivity contribution in [2.75, 3.05) is 11.9 Å². The number of aromatic nitrogens is 3. The fourth-order valence-electron chi connectivity index (χ4n) is 5.89. The molecule has 3 aliphatic heterocycles. The summed E-state index contributed by atoms with van der Waals surface area (Å²) >= 11 is 7.51. The Labute approximate surface area is 250 Å². The molecule has 1 aliphatic carbocycles. The third kappa shape index (κ3) is 4.66. The van der Waals surface area contributed by atoms with Crippen LogP contribution in [0.2, 0.25) is 5.28 Å². The van der Waals surface area contributed by atoms with Crippen LogP contribution >= 0.6 is 22.9 Å². The fourth-order valence-corrected chi connectivity index (χ4v) is 7.08. The number of hydrogen-bond acceptors (Lipinski definition) is 9. The summed E-state index contributed by atoms with van der Waals surface area (Å²) in [6.45, 7) is 0.552. The quantitative estimate of drug-likeness (QED) is 0.255. The van der Waals surface area contributed by atoms with Crippen LogP contribution in [-0.4, -0.2) is 60.9 Å². The summed E-state index contributed by atoms with van der Waals surface area (Å²) in [7, 11) is 0. The summed E-state index contributed by atoms with van der Waals surface area (Å²) in [6, 6.07) is 8.45. The Morgan fingerprint density at radius 1 is 1.10 bits per heavy atom. The highest BCUT2D eigenvalue weighted by Crippen LogP contribution is 2.37. The van der Waals surface area contributed by atoms with E-state index in [0.717, 1.165) is 43.4 Å². The summed E-state index contributed by atoms with van der Waals surface area (Å²) in [6.07, 6.45) is 12.4. The number of amidine groups is 1. The van der Waals surface area contributed by atoms with Crippen LogP contribution < -0.4 is 11.2 Å². The number of halogens is 1. The molecule has 2 unspecified atom stereocenters. The van der Waals surface area contributed by atoms with E-state index in [2.05, 4.69) is 25.3 Å². The van der Waals surface area contributed by atoms with Gasteiger partial charge in [-0.3, -0.25) is 19.9 Å². The topological polar surface area (TPSA) is 139 Å². The largest absolute Gasteiger partial charge is 0.328 e. The average molecular weight is 601 g/mol. The molecule has 1 aromatic carbocycles. The first-order chi connectivity index (χ1) is 20.4. The van der Waals surface area contributed by atoms with Crippen molar-refractivity contribution in [3.05, 3.63) is 93.0 Å². The van der Waals surface area contributed by atoms with Crippen molar-refractivity contribution in [3.8, 4) is 0 Å². The van der Waals surface area contributed by atoms with Gasteiger partial charge in [-0.05, 0) is 80.5 Å². The van der Waals surface area contributed by atoms with Gasteiger partial charge in [0.2, 0.25) is 11.0 Å². The van der Waals surface area contributed by atoms with E-state index < -0.39 is 0 Å². The van der Waals surface area contributed by atoms with Gasteiger partial charge >= 0.3 is 0 Å². The molecule has 1 saturated heterocycles. The van der Waals surface area contributed by atoms with Crippen molar-refractivity contribution in [3.63, 3.8) is 0 Å². The summed E-state index contributed by atoms with van der Waals surface area (Å²) in [4.78, 5) is 51.4. The van der Waals surface area contributed by atoms with Gasteiger partial charge in [-0.2, -0.15) is 10.8 Å². The number of carbonyl (C=O) groups is 2. The molecule has 2 amide bonds. The molecule has 0 radical (unpaired) electrons. The predicted octanol–water partition coefficient (Wildman–Crippen LogP) is 4.24. The van der Waals surface area contributed by atoms with Gasteiger partial charge in [0, 0.05) is 23.2 Å². The first-order valence-electron chi connectivity index (χ1n) is 13.8. The zero-order valence-corrected chi connectivity index (χ0v) is 24.1. The van der Waals surface area contributed by atoms with Crippen molar-refractivity contribution in [2.24, 2.45) is 15.8 Å². The van der Waals surface area contributed by atoms with Crippen LogP contribution in [0.25, 0.3) is 0 Å². The van der Waals surface area contributed by atoms with Crippen LogP contribution in [0.4, 0.5) is 5.13 Å². The second kappa shape index (κ2) is 10.6. The van der Waals surface area contributed by atoms with Gasteiger partial charge in [0.1, 0.15) is 17.6 Å². The highest BCUT2D eigenvalue weighted by atomic mass is 35.5. The minimum atomic E-state index is -0.313. The number of nitrogens with zero attached hydrogens (tertiary/aromatic N) is 7. The van der Waals surface area contributed by atoms with Gasteiger partial charge in [-0.1, -0.05) is 0 Å². The van der Waals surface area contributed by atoms with Crippen LogP contribution in [0.1, 0.15) is 62.7 Å². The SMILES string of the molecule is N[N+]12C=CN=CC1=C(C1CCCN1C(=O)c1ccnc(Cl)n1)N=C2c1ccc(C(=O)Nc2nc3c(s2)CCCC3)cc1. The number of nitrogens with two attached hydrogens (primary N) is 1. The molecule has 11 nitrogen and oxygen atoms in total. The Morgan fingerprint density at radius 2 is 1.93 bits per heavy atom. The first kappa shape index (κ1) is 26.8. The van der Waals surface area contributed by atoms with E-state index >= 15 is 0 Å².